The van der Waals surface area contributed by atoms with E-state index in [4.69, 9.17) is 0 Å². The fourth-order valence-electron chi connectivity index (χ4n) is 4.93. The van der Waals surface area contributed by atoms with Crippen LogP contribution in [0.2, 0.25) is 0 Å². The molecule has 1 heterocycles. The number of hydrogen-bond acceptors (Lipinski definition) is 5. The van der Waals surface area contributed by atoms with Gasteiger partial charge in [0.2, 0.25) is 0 Å². The van der Waals surface area contributed by atoms with Crippen molar-refractivity contribution >= 4 is 21.2 Å². The van der Waals surface area contributed by atoms with Crippen molar-refractivity contribution in [2.75, 3.05) is 0 Å². The highest BCUT2D eigenvalue weighted by molar-refractivity contribution is 7.92. The number of sulfone groups is 1. The number of halogens is 5. The molecular formula is C25H25F5N2O3S. The monoisotopic (exact) mass is 528 g/mol. The van der Waals surface area contributed by atoms with Crippen LogP contribution in [0.5, 0.6) is 0 Å². The number of rotatable bonds is 7. The van der Waals surface area contributed by atoms with Gasteiger partial charge >= 0.3 is 6.18 Å². The largest absolute Gasteiger partial charge is 0.392 e. The van der Waals surface area contributed by atoms with Gasteiger partial charge in [-0.15, -0.1) is 0 Å². The maximum absolute atomic E-state index is 14.2. The molecule has 1 unspecified atom stereocenters. The van der Waals surface area contributed by atoms with E-state index in [2.05, 4.69) is 9.97 Å². The third-order valence-electron chi connectivity index (χ3n) is 6.95. The Hall–Kier alpha value is -2.69. The highest BCUT2D eigenvalue weighted by atomic mass is 32.2. The summed E-state index contributed by atoms with van der Waals surface area (Å²) in [6.07, 6.45) is -3.21. The number of aryl methyl sites for hydroxylation is 1. The molecule has 4 atom stereocenters. The van der Waals surface area contributed by atoms with Gasteiger partial charge in [-0.3, -0.25) is 4.79 Å². The fraction of sp³-hybridized carbons (Fsp3) is 0.480. The second-order valence-corrected chi connectivity index (χ2v) is 11.5. The molecule has 2 aromatic rings. The van der Waals surface area contributed by atoms with Crippen LogP contribution < -0.4 is 0 Å². The number of allylic oxidation sites excluding steroid dienone is 2. The van der Waals surface area contributed by atoms with Gasteiger partial charge in [-0.05, 0) is 74.4 Å². The molecule has 1 saturated carbocycles. The van der Waals surface area contributed by atoms with Crippen molar-refractivity contribution < 1.29 is 35.2 Å². The van der Waals surface area contributed by atoms with Crippen LogP contribution in [0.3, 0.4) is 0 Å². The topological polar surface area (TPSA) is 77.0 Å². The van der Waals surface area contributed by atoms with Crippen LogP contribution in [0.4, 0.5) is 22.0 Å². The predicted octanol–water partition coefficient (Wildman–Crippen LogP) is 5.45. The molecule has 0 bridgehead atoms. The Labute approximate surface area is 205 Å². The first-order chi connectivity index (χ1) is 16.9. The Morgan fingerprint density at radius 3 is 2.44 bits per heavy atom. The lowest BCUT2D eigenvalue weighted by molar-refractivity contribution is -0.175. The lowest BCUT2D eigenvalue weighted by Crippen LogP contribution is -2.31. The number of ketones is 1. The fourth-order valence-corrected chi connectivity index (χ4v) is 6.95. The van der Waals surface area contributed by atoms with E-state index >= 15 is 0 Å². The number of alkyl halides is 4. The summed E-state index contributed by atoms with van der Waals surface area (Å²) in [5.41, 5.74) is 1.67. The average molecular weight is 529 g/mol. The first-order valence-electron chi connectivity index (χ1n) is 11.7. The maximum Gasteiger partial charge on any atom is 0.392 e. The SMILES string of the molecule is O=C(CCc1cc(C2=CC[C@H](C(F)(F)F)CC2)ncn1)[C@@H]1C[C@@H](F)CC1S(=O)(=O)c1ccc(F)cc1. The Morgan fingerprint density at radius 1 is 1.08 bits per heavy atom. The number of carbonyl (C=O) groups excluding carboxylic acids is 1. The van der Waals surface area contributed by atoms with Gasteiger partial charge in [0.05, 0.1) is 21.8 Å². The Bertz CT molecular complexity index is 1250. The number of hydrogen-bond donors (Lipinski definition) is 0. The van der Waals surface area contributed by atoms with Crippen LogP contribution in [0.25, 0.3) is 5.57 Å². The van der Waals surface area contributed by atoms with Crippen molar-refractivity contribution in [2.24, 2.45) is 11.8 Å². The molecule has 11 heteroatoms. The molecule has 1 aromatic carbocycles. The molecule has 4 rings (SSSR count). The number of aromatic nitrogens is 2. The van der Waals surface area contributed by atoms with Gasteiger partial charge in [0.25, 0.3) is 0 Å². The van der Waals surface area contributed by atoms with Gasteiger partial charge in [0, 0.05) is 18.0 Å². The minimum atomic E-state index is -4.24. The summed E-state index contributed by atoms with van der Waals surface area (Å²) in [4.78, 5) is 21.1. The van der Waals surface area contributed by atoms with Crippen LogP contribution >= 0.6 is 0 Å². The summed E-state index contributed by atoms with van der Waals surface area (Å²) in [5.74, 6) is -3.41. The summed E-state index contributed by atoms with van der Waals surface area (Å²) in [7, 11) is -4.04. The number of carbonyl (C=O) groups is 1. The van der Waals surface area contributed by atoms with Crippen LogP contribution in [0.15, 0.2) is 47.6 Å². The third kappa shape index (κ3) is 5.82. The molecule has 0 spiro atoms. The molecule has 1 fully saturated rings. The molecule has 0 N–H and O–H groups in total. The first-order valence-corrected chi connectivity index (χ1v) is 13.2. The van der Waals surface area contributed by atoms with Gasteiger partial charge in [0.15, 0.2) is 9.84 Å². The summed E-state index contributed by atoms with van der Waals surface area (Å²) >= 11 is 0. The molecule has 2 aliphatic carbocycles. The zero-order chi connectivity index (χ0) is 26.1. The molecule has 1 aromatic heterocycles. The second kappa shape index (κ2) is 10.4. The molecule has 0 saturated heterocycles. The van der Waals surface area contributed by atoms with Gasteiger partial charge < -0.3 is 0 Å². The third-order valence-corrected chi connectivity index (χ3v) is 9.20. The van der Waals surface area contributed by atoms with Crippen molar-refractivity contribution in [1.82, 2.24) is 9.97 Å². The summed E-state index contributed by atoms with van der Waals surface area (Å²) in [5, 5.41) is -1.24. The van der Waals surface area contributed by atoms with Gasteiger partial charge in [-0.1, -0.05) is 6.08 Å². The Kier molecular flexibility index (Phi) is 7.59. The summed E-state index contributed by atoms with van der Waals surface area (Å²) in [6, 6.07) is 5.84. The van der Waals surface area contributed by atoms with Crippen LogP contribution in [-0.2, 0) is 21.1 Å². The van der Waals surface area contributed by atoms with Crippen molar-refractivity contribution in [3.05, 3.63) is 59.9 Å². The molecule has 0 radical (unpaired) electrons. The first kappa shape index (κ1) is 26.4. The zero-order valence-corrected chi connectivity index (χ0v) is 20.0. The standard InChI is InChI=1S/C25H25F5N2O3S/c26-17-5-8-20(9-6-17)36(34,35)24-12-18(27)11-21(24)23(33)10-7-19-13-22(32-14-31-19)15-1-3-16(4-2-15)25(28,29)30/h1,5-6,8-9,13-14,16,18,21,24H,2-4,7,10-12H2/t16-,18+,21-,24?/m0/s1. The minimum Gasteiger partial charge on any atom is -0.299 e. The molecule has 36 heavy (non-hydrogen) atoms. The quantitative estimate of drug-likeness (QED) is 0.353. The molecule has 5 nitrogen and oxygen atoms in total. The number of benzene rings is 1. The second-order valence-electron chi connectivity index (χ2n) is 9.32. The van der Waals surface area contributed by atoms with E-state index in [1.807, 2.05) is 0 Å². The maximum atomic E-state index is 14.2. The van der Waals surface area contributed by atoms with Gasteiger partial charge in [-0.2, -0.15) is 13.2 Å². The Morgan fingerprint density at radius 2 is 1.81 bits per heavy atom. The molecule has 194 valence electrons. The summed E-state index contributed by atoms with van der Waals surface area (Å²) < 4.78 is 92.3. The van der Waals surface area contributed by atoms with E-state index in [0.717, 1.165) is 24.3 Å². The van der Waals surface area contributed by atoms with Crippen molar-refractivity contribution in [1.29, 1.82) is 0 Å². The van der Waals surface area contributed by atoms with E-state index in [9.17, 15) is 35.2 Å². The zero-order valence-electron chi connectivity index (χ0n) is 19.2. The van der Waals surface area contributed by atoms with E-state index < -0.39 is 50.9 Å². The molecular weight excluding hydrogens is 503 g/mol. The van der Waals surface area contributed by atoms with Crippen LogP contribution in [-0.4, -0.2) is 41.8 Å². The molecule has 0 amide bonds. The molecule has 0 aliphatic heterocycles. The molecule has 2 aliphatic rings. The summed E-state index contributed by atoms with van der Waals surface area (Å²) in [6.45, 7) is 0. The van der Waals surface area contributed by atoms with Crippen LogP contribution in [0.1, 0.15) is 49.9 Å². The van der Waals surface area contributed by atoms with Crippen molar-refractivity contribution in [3.63, 3.8) is 0 Å². The van der Waals surface area contributed by atoms with Gasteiger partial charge in [0.1, 0.15) is 24.1 Å². The van der Waals surface area contributed by atoms with Gasteiger partial charge in [-0.25, -0.2) is 27.2 Å². The van der Waals surface area contributed by atoms with E-state index in [-0.39, 0.29) is 49.8 Å². The predicted molar refractivity (Wildman–Crippen MR) is 122 cm³/mol. The lowest BCUT2D eigenvalue weighted by Gasteiger charge is -2.24. The van der Waals surface area contributed by atoms with Crippen LogP contribution in [0, 0.1) is 17.7 Å². The minimum absolute atomic E-state index is 0.0247. The smallest absolute Gasteiger partial charge is 0.299 e. The highest BCUT2D eigenvalue weighted by Gasteiger charge is 2.46. The van der Waals surface area contributed by atoms with E-state index in [1.165, 1.54) is 12.4 Å². The van der Waals surface area contributed by atoms with E-state index in [0.29, 0.717) is 17.0 Å². The van der Waals surface area contributed by atoms with Crippen molar-refractivity contribution in [3.8, 4) is 0 Å². The lowest BCUT2D eigenvalue weighted by atomic mass is 9.87. The highest BCUT2D eigenvalue weighted by Crippen LogP contribution is 2.40. The number of Topliss-reactive ketones (excluding diaryl/α,β-unsaturated/α-hetero) is 1. The normalized spacial score (nSPS) is 25.0. The van der Waals surface area contributed by atoms with Crippen molar-refractivity contribution in [2.45, 2.75) is 67.4 Å². The Balaban J connectivity index is 1.43. The van der Waals surface area contributed by atoms with E-state index in [1.54, 1.807) is 6.07 Å². The average Bonchev–Trinajstić information content (AvgIpc) is 3.25. The number of nitrogens with zero attached hydrogens (tertiary/aromatic N) is 2.